The maximum Gasteiger partial charge on any atom is 0.317 e. The number of benzene rings is 1. The fourth-order valence-electron chi connectivity index (χ4n) is 3.15. The van der Waals surface area contributed by atoms with Crippen molar-refractivity contribution in [2.75, 3.05) is 26.2 Å². The van der Waals surface area contributed by atoms with Gasteiger partial charge in [0.15, 0.2) is 0 Å². The number of carbonyl (C=O) groups is 2. The minimum atomic E-state index is -0.385. The summed E-state index contributed by atoms with van der Waals surface area (Å²) in [6, 6.07) is 5.38. The fourth-order valence-corrected chi connectivity index (χ4v) is 3.15. The van der Waals surface area contributed by atoms with Crippen LogP contribution in [0.2, 0.25) is 0 Å². The molecular weight excluding hydrogens is 349 g/mol. The monoisotopic (exact) mass is 373 g/mol. The van der Waals surface area contributed by atoms with E-state index in [0.29, 0.717) is 31.7 Å². The van der Waals surface area contributed by atoms with Crippen molar-refractivity contribution in [2.45, 2.75) is 25.8 Å². The average molecular weight is 373 g/mol. The summed E-state index contributed by atoms with van der Waals surface area (Å²) >= 11 is 0. The first kappa shape index (κ1) is 18.9. The Morgan fingerprint density at radius 2 is 1.96 bits per heavy atom. The van der Waals surface area contributed by atoms with E-state index in [9.17, 15) is 14.0 Å². The molecule has 3 rings (SSSR count). The Hall–Kier alpha value is -2.90. The Labute approximate surface area is 157 Å². The van der Waals surface area contributed by atoms with Gasteiger partial charge >= 0.3 is 6.03 Å². The molecule has 1 aliphatic rings. The smallest absolute Gasteiger partial charge is 0.317 e. The van der Waals surface area contributed by atoms with Crippen LogP contribution in [0.3, 0.4) is 0 Å². The lowest BCUT2D eigenvalue weighted by Crippen LogP contribution is -2.47. The summed E-state index contributed by atoms with van der Waals surface area (Å²) < 4.78 is 14.8. The van der Waals surface area contributed by atoms with Gasteiger partial charge in [0, 0.05) is 37.9 Å². The molecule has 27 heavy (non-hydrogen) atoms. The summed E-state index contributed by atoms with van der Waals surface area (Å²) in [5.41, 5.74) is 1.49. The van der Waals surface area contributed by atoms with Gasteiger partial charge in [-0.2, -0.15) is 5.10 Å². The Morgan fingerprint density at radius 1 is 1.22 bits per heavy atom. The molecule has 1 fully saturated rings. The third kappa shape index (κ3) is 5.06. The van der Waals surface area contributed by atoms with Crippen molar-refractivity contribution in [3.05, 3.63) is 53.6 Å². The van der Waals surface area contributed by atoms with E-state index in [2.05, 4.69) is 15.7 Å². The van der Waals surface area contributed by atoms with Crippen LogP contribution in [0.25, 0.3) is 0 Å². The number of carbonyl (C=O) groups excluding carboxylic acids is 2. The van der Waals surface area contributed by atoms with Crippen molar-refractivity contribution in [1.29, 1.82) is 0 Å². The van der Waals surface area contributed by atoms with Crippen LogP contribution < -0.4 is 10.6 Å². The zero-order valence-electron chi connectivity index (χ0n) is 15.3. The van der Waals surface area contributed by atoms with Crippen LogP contribution in [0, 0.1) is 12.7 Å². The Bertz CT molecular complexity index is 790. The highest BCUT2D eigenvalue weighted by Crippen LogP contribution is 2.21. The summed E-state index contributed by atoms with van der Waals surface area (Å²) in [5.74, 6) is -0.680. The van der Waals surface area contributed by atoms with Crippen molar-refractivity contribution in [3.63, 3.8) is 0 Å². The highest BCUT2D eigenvalue weighted by atomic mass is 19.1. The molecule has 0 spiro atoms. The lowest BCUT2D eigenvalue weighted by Gasteiger charge is -2.32. The van der Waals surface area contributed by atoms with Crippen molar-refractivity contribution in [2.24, 2.45) is 0 Å². The third-order valence-corrected chi connectivity index (χ3v) is 4.58. The number of hydrogen-bond donors (Lipinski definition) is 2. The first-order valence-electron chi connectivity index (χ1n) is 9.10. The molecule has 144 valence electrons. The van der Waals surface area contributed by atoms with Crippen LogP contribution in [0.15, 0.2) is 36.7 Å². The second-order valence-corrected chi connectivity index (χ2v) is 6.73. The topological polar surface area (TPSA) is 79.3 Å². The first-order valence-corrected chi connectivity index (χ1v) is 9.10. The highest BCUT2D eigenvalue weighted by molar-refractivity contribution is 5.94. The van der Waals surface area contributed by atoms with Crippen LogP contribution in [0.4, 0.5) is 9.18 Å². The Balaban J connectivity index is 1.41. The van der Waals surface area contributed by atoms with Crippen LogP contribution in [-0.4, -0.2) is 52.8 Å². The average Bonchev–Trinajstić information content (AvgIpc) is 3.12. The van der Waals surface area contributed by atoms with Crippen molar-refractivity contribution >= 4 is 11.9 Å². The lowest BCUT2D eigenvalue weighted by atomic mass is 10.1. The largest absolute Gasteiger partial charge is 0.350 e. The number of likely N-dealkylation sites (tertiary alicyclic amines) is 1. The molecule has 0 aliphatic carbocycles. The molecule has 0 saturated carbocycles. The number of nitrogens with zero attached hydrogens (tertiary/aromatic N) is 3. The van der Waals surface area contributed by atoms with E-state index < -0.39 is 0 Å². The molecule has 7 nitrogen and oxygen atoms in total. The van der Waals surface area contributed by atoms with Crippen molar-refractivity contribution in [3.8, 4) is 0 Å². The summed E-state index contributed by atoms with van der Waals surface area (Å²) in [5, 5.41) is 9.88. The number of rotatable bonds is 5. The van der Waals surface area contributed by atoms with Crippen molar-refractivity contribution < 1.29 is 14.0 Å². The van der Waals surface area contributed by atoms with E-state index >= 15 is 0 Å². The van der Waals surface area contributed by atoms with Gasteiger partial charge in [-0.1, -0.05) is 0 Å². The van der Waals surface area contributed by atoms with Gasteiger partial charge in [-0.3, -0.25) is 9.48 Å². The number of halogens is 1. The van der Waals surface area contributed by atoms with Gasteiger partial charge in [0.1, 0.15) is 5.82 Å². The normalized spacial score (nSPS) is 16.8. The van der Waals surface area contributed by atoms with Gasteiger partial charge in [-0.25, -0.2) is 9.18 Å². The quantitative estimate of drug-likeness (QED) is 0.788. The van der Waals surface area contributed by atoms with E-state index in [4.69, 9.17) is 0 Å². The molecule has 1 aromatic heterocycles. The van der Waals surface area contributed by atoms with Crippen molar-refractivity contribution in [1.82, 2.24) is 25.3 Å². The number of urea groups is 1. The minimum Gasteiger partial charge on any atom is -0.350 e. The SMILES string of the molecule is Cc1cnn(C2CCCN(C(=O)NCCNC(=O)c3ccc(F)cc3)C2)c1. The molecule has 2 aromatic rings. The molecule has 1 unspecified atom stereocenters. The van der Waals surface area contributed by atoms with Crippen LogP contribution >= 0.6 is 0 Å². The number of aryl methyl sites for hydroxylation is 1. The zero-order valence-corrected chi connectivity index (χ0v) is 15.3. The molecule has 3 amide bonds. The Morgan fingerprint density at radius 3 is 2.67 bits per heavy atom. The van der Waals surface area contributed by atoms with Crippen LogP contribution in [-0.2, 0) is 0 Å². The van der Waals surface area contributed by atoms with Gasteiger partial charge in [-0.05, 0) is 49.6 Å². The molecule has 0 bridgehead atoms. The zero-order chi connectivity index (χ0) is 19.2. The molecular formula is C19H24FN5O2. The molecule has 1 saturated heterocycles. The summed E-state index contributed by atoms with van der Waals surface area (Å²) in [6.07, 6.45) is 5.75. The maximum atomic E-state index is 12.9. The number of aromatic nitrogens is 2. The summed E-state index contributed by atoms with van der Waals surface area (Å²) in [7, 11) is 0. The van der Waals surface area contributed by atoms with Gasteiger partial charge in [0.25, 0.3) is 5.91 Å². The molecule has 8 heteroatoms. The highest BCUT2D eigenvalue weighted by Gasteiger charge is 2.24. The van der Waals surface area contributed by atoms with E-state index in [1.54, 1.807) is 4.90 Å². The van der Waals surface area contributed by atoms with Gasteiger partial charge in [0.2, 0.25) is 0 Å². The summed E-state index contributed by atoms with van der Waals surface area (Å²) in [4.78, 5) is 26.1. The van der Waals surface area contributed by atoms with E-state index in [1.165, 1.54) is 24.3 Å². The molecule has 1 aromatic carbocycles. The summed E-state index contributed by atoms with van der Waals surface area (Å²) in [6.45, 7) is 3.96. The Kier molecular flexibility index (Phi) is 6.05. The molecule has 0 radical (unpaired) electrons. The fraction of sp³-hybridized carbons (Fsp3) is 0.421. The van der Waals surface area contributed by atoms with Gasteiger partial charge in [-0.15, -0.1) is 0 Å². The predicted molar refractivity (Wildman–Crippen MR) is 98.9 cm³/mol. The van der Waals surface area contributed by atoms with Crippen LogP contribution in [0.1, 0.15) is 34.8 Å². The third-order valence-electron chi connectivity index (χ3n) is 4.58. The molecule has 1 atom stereocenters. The standard InChI is InChI=1S/C19H24FN5O2/c1-14-11-23-25(12-14)17-3-2-10-24(13-17)19(27)22-9-8-21-18(26)15-4-6-16(20)7-5-15/h4-7,11-12,17H,2-3,8-10,13H2,1H3,(H,21,26)(H,22,27). The first-order chi connectivity index (χ1) is 13.0. The number of amides is 3. The van der Waals surface area contributed by atoms with Gasteiger partial charge in [0.05, 0.1) is 12.2 Å². The number of nitrogens with one attached hydrogen (secondary N) is 2. The van der Waals surface area contributed by atoms with Gasteiger partial charge < -0.3 is 15.5 Å². The second kappa shape index (κ2) is 8.66. The van der Waals surface area contributed by atoms with E-state index in [0.717, 1.165) is 18.4 Å². The molecule has 2 N–H and O–H groups in total. The van der Waals surface area contributed by atoms with Crippen LogP contribution in [0.5, 0.6) is 0 Å². The number of piperidine rings is 1. The van der Waals surface area contributed by atoms with E-state index in [1.807, 2.05) is 24.0 Å². The lowest BCUT2D eigenvalue weighted by molar-refractivity contribution is 0.0953. The van der Waals surface area contributed by atoms with E-state index in [-0.39, 0.29) is 23.8 Å². The molecule has 1 aliphatic heterocycles. The number of hydrogen-bond acceptors (Lipinski definition) is 3. The second-order valence-electron chi connectivity index (χ2n) is 6.73. The minimum absolute atomic E-state index is 0.139. The molecule has 2 heterocycles. The maximum absolute atomic E-state index is 12.9. The predicted octanol–water partition coefficient (Wildman–Crippen LogP) is 2.11.